The number of benzene rings is 3. The molecule has 5 nitrogen and oxygen atoms in total. The molecule has 3 aromatic carbocycles. The monoisotopic (exact) mass is 636 g/mol. The van der Waals surface area contributed by atoms with Crippen LogP contribution in [-0.2, 0) is 16.7 Å². The maximum atomic E-state index is 11.5. The summed E-state index contributed by atoms with van der Waals surface area (Å²) in [7, 11) is -4.31. The SMILES string of the molecule is CC[n+]1c(C=C(C=C2Sc3ccc4ccccc4c3N2CCCS(=O)(=O)[O-])c2ccccc2)sc2c1C1C=CC=CC1C=C2. The third kappa shape index (κ3) is 5.63. The maximum absolute atomic E-state index is 11.5. The number of rotatable bonds is 8. The first-order valence-electron chi connectivity index (χ1n) is 14.9. The molecule has 0 saturated heterocycles. The van der Waals surface area contributed by atoms with Crippen molar-refractivity contribution in [1.29, 1.82) is 0 Å². The van der Waals surface area contributed by atoms with Gasteiger partial charge in [-0.25, -0.2) is 8.42 Å². The van der Waals surface area contributed by atoms with Crippen molar-refractivity contribution in [3.8, 4) is 0 Å². The molecule has 44 heavy (non-hydrogen) atoms. The molecule has 0 saturated carbocycles. The van der Waals surface area contributed by atoms with Crippen LogP contribution in [-0.4, -0.2) is 25.3 Å². The second kappa shape index (κ2) is 12.0. The Morgan fingerprint density at radius 3 is 2.61 bits per heavy atom. The minimum atomic E-state index is -4.31. The normalized spacial score (nSPS) is 19.9. The lowest BCUT2D eigenvalue weighted by atomic mass is 9.82. The van der Waals surface area contributed by atoms with E-state index >= 15 is 0 Å². The van der Waals surface area contributed by atoms with Gasteiger partial charge in [-0.2, -0.15) is 4.57 Å². The number of hydrogen-bond donors (Lipinski definition) is 0. The Morgan fingerprint density at radius 2 is 1.80 bits per heavy atom. The first-order valence-corrected chi connectivity index (χ1v) is 18.1. The number of anilines is 1. The van der Waals surface area contributed by atoms with Crippen LogP contribution in [0.1, 0.15) is 40.4 Å². The lowest BCUT2D eigenvalue weighted by Crippen LogP contribution is -2.40. The van der Waals surface area contributed by atoms with Crippen LogP contribution in [0.15, 0.2) is 113 Å². The molecule has 2 unspecified atom stereocenters. The third-order valence-electron chi connectivity index (χ3n) is 8.36. The average molecular weight is 637 g/mol. The summed E-state index contributed by atoms with van der Waals surface area (Å²) < 4.78 is 37.0. The molecule has 8 heteroatoms. The minimum Gasteiger partial charge on any atom is -0.748 e. The number of fused-ring (bicyclic) bond motifs is 6. The topological polar surface area (TPSA) is 64.3 Å². The van der Waals surface area contributed by atoms with Crippen molar-refractivity contribution in [3.05, 3.63) is 129 Å². The van der Waals surface area contributed by atoms with Gasteiger partial charge in [0.15, 0.2) is 0 Å². The molecule has 0 bridgehead atoms. The molecule has 2 aliphatic carbocycles. The van der Waals surface area contributed by atoms with Gasteiger partial charge in [-0.1, -0.05) is 114 Å². The highest BCUT2D eigenvalue weighted by Crippen LogP contribution is 2.50. The highest BCUT2D eigenvalue weighted by molar-refractivity contribution is 8.03. The molecule has 0 radical (unpaired) electrons. The van der Waals surface area contributed by atoms with Crippen LogP contribution in [0, 0.1) is 5.92 Å². The van der Waals surface area contributed by atoms with Crippen LogP contribution >= 0.6 is 23.1 Å². The van der Waals surface area contributed by atoms with Gasteiger partial charge in [0.1, 0.15) is 11.4 Å². The first kappa shape index (κ1) is 29.0. The molecule has 4 aromatic rings. The zero-order valence-corrected chi connectivity index (χ0v) is 26.7. The number of aromatic nitrogens is 1. The van der Waals surface area contributed by atoms with E-state index in [9.17, 15) is 13.0 Å². The summed E-state index contributed by atoms with van der Waals surface area (Å²) in [6, 6.07) is 22.9. The van der Waals surface area contributed by atoms with Gasteiger partial charge in [0.05, 0.1) is 26.8 Å². The summed E-state index contributed by atoms with van der Waals surface area (Å²) in [5.41, 5.74) is 4.61. The van der Waals surface area contributed by atoms with Crippen molar-refractivity contribution in [1.82, 2.24) is 0 Å². The van der Waals surface area contributed by atoms with Crippen LogP contribution in [0.4, 0.5) is 5.69 Å². The van der Waals surface area contributed by atoms with E-state index in [0.29, 0.717) is 18.4 Å². The largest absolute Gasteiger partial charge is 0.748 e. The van der Waals surface area contributed by atoms with Crippen LogP contribution in [0.2, 0.25) is 0 Å². The molecule has 2 heterocycles. The molecule has 0 N–H and O–H groups in total. The fraction of sp³-hybridized carbons (Fsp3) is 0.194. The van der Waals surface area contributed by atoms with E-state index in [-0.39, 0.29) is 12.2 Å². The van der Waals surface area contributed by atoms with Crippen molar-refractivity contribution in [2.24, 2.45) is 5.92 Å². The highest BCUT2D eigenvalue weighted by atomic mass is 32.2. The Labute approximate surface area is 267 Å². The second-order valence-electron chi connectivity index (χ2n) is 11.1. The zero-order valence-electron chi connectivity index (χ0n) is 24.3. The molecule has 2 atom stereocenters. The van der Waals surface area contributed by atoms with E-state index in [4.69, 9.17) is 0 Å². The second-order valence-corrected chi connectivity index (χ2v) is 14.8. The Bertz CT molecular complexity index is 2000. The average Bonchev–Trinajstić information content (AvgIpc) is 3.58. The number of thiazole rings is 1. The number of thioether (sulfide) groups is 1. The standard InChI is InChI=1S/C36H32N2O3S3/c1-2-37-33(42-31-19-17-26-13-6-8-15-29(26)35(31)37)23-28(25-11-4-3-5-12-25)24-34-38(21-10-22-44(39,40)41)36-30-16-9-7-14-27(30)18-20-32(36)43-34/h3-9,11-20,23-24,26,29H,2,10,21-22H2,1H3. The van der Waals surface area contributed by atoms with Gasteiger partial charge >= 0.3 is 0 Å². The van der Waals surface area contributed by atoms with E-state index in [2.05, 4.69) is 114 Å². The van der Waals surface area contributed by atoms with Crippen molar-refractivity contribution >= 4 is 67.4 Å². The molecular weight excluding hydrogens is 605 g/mol. The highest BCUT2D eigenvalue weighted by Gasteiger charge is 2.36. The summed E-state index contributed by atoms with van der Waals surface area (Å²) in [6.45, 7) is 3.51. The minimum absolute atomic E-state index is 0.251. The number of nitrogens with zero attached hydrogens (tertiary/aromatic N) is 2. The lowest BCUT2D eigenvalue weighted by molar-refractivity contribution is -0.698. The molecule has 0 fully saturated rings. The molecule has 1 aromatic heterocycles. The number of allylic oxidation sites excluding steroid dienone is 7. The quantitative estimate of drug-likeness (QED) is 0.145. The van der Waals surface area contributed by atoms with Gasteiger partial charge in [0.2, 0.25) is 5.69 Å². The molecule has 0 spiro atoms. The van der Waals surface area contributed by atoms with Crippen LogP contribution in [0.5, 0.6) is 0 Å². The van der Waals surface area contributed by atoms with Gasteiger partial charge in [-0.3, -0.25) is 0 Å². The number of hydrogen-bond acceptors (Lipinski definition) is 6. The summed E-state index contributed by atoms with van der Waals surface area (Å²) in [5.74, 6) is 0.319. The molecule has 7 rings (SSSR count). The smallest absolute Gasteiger partial charge is 0.263 e. The molecular formula is C36H32N2O3S3. The predicted octanol–water partition coefficient (Wildman–Crippen LogP) is 7.99. The van der Waals surface area contributed by atoms with Gasteiger partial charge < -0.3 is 9.45 Å². The summed E-state index contributed by atoms with van der Waals surface area (Å²) in [6.07, 6.45) is 18.2. The Balaban J connectivity index is 1.35. The van der Waals surface area contributed by atoms with E-state index < -0.39 is 10.1 Å². The Kier molecular flexibility index (Phi) is 7.93. The van der Waals surface area contributed by atoms with Gasteiger partial charge in [-0.05, 0) is 48.1 Å². The van der Waals surface area contributed by atoms with E-state index in [0.717, 1.165) is 44.1 Å². The van der Waals surface area contributed by atoms with Crippen molar-refractivity contribution < 1.29 is 17.5 Å². The zero-order chi connectivity index (χ0) is 30.3. The predicted molar refractivity (Wildman–Crippen MR) is 182 cm³/mol. The Morgan fingerprint density at radius 1 is 1.00 bits per heavy atom. The van der Waals surface area contributed by atoms with Crippen molar-refractivity contribution in [3.63, 3.8) is 0 Å². The third-order valence-corrected chi connectivity index (χ3v) is 11.4. The Hall–Kier alpha value is -3.69. The van der Waals surface area contributed by atoms with Crippen molar-refractivity contribution in [2.75, 3.05) is 17.2 Å². The van der Waals surface area contributed by atoms with Crippen LogP contribution in [0.3, 0.4) is 0 Å². The molecule has 0 amide bonds. The molecule has 222 valence electrons. The van der Waals surface area contributed by atoms with E-state index in [1.807, 2.05) is 29.5 Å². The van der Waals surface area contributed by atoms with Gasteiger partial charge in [0, 0.05) is 34.6 Å². The summed E-state index contributed by atoms with van der Waals surface area (Å²) in [5, 5.41) is 4.44. The summed E-state index contributed by atoms with van der Waals surface area (Å²) in [4.78, 5) is 4.62. The fourth-order valence-corrected chi connectivity index (χ4v) is 9.24. The van der Waals surface area contributed by atoms with E-state index in [1.54, 1.807) is 11.8 Å². The fourth-order valence-electron chi connectivity index (χ4n) is 6.36. The van der Waals surface area contributed by atoms with Gasteiger partial charge in [-0.15, -0.1) is 0 Å². The van der Waals surface area contributed by atoms with E-state index in [1.165, 1.54) is 15.6 Å². The lowest BCUT2D eigenvalue weighted by Gasteiger charge is -2.23. The molecule has 1 aliphatic heterocycles. The van der Waals surface area contributed by atoms with Gasteiger partial charge in [0.25, 0.3) is 5.01 Å². The molecule has 3 aliphatic rings. The maximum Gasteiger partial charge on any atom is 0.263 e. The van der Waals surface area contributed by atoms with Crippen molar-refractivity contribution in [2.45, 2.75) is 30.7 Å². The first-order chi connectivity index (χ1) is 21.4. The summed E-state index contributed by atoms with van der Waals surface area (Å²) >= 11 is 3.51. The van der Waals surface area contributed by atoms with Crippen LogP contribution in [0.25, 0.3) is 28.5 Å². The van der Waals surface area contributed by atoms with Crippen LogP contribution < -0.4 is 9.47 Å².